The Labute approximate surface area is 282 Å². The first-order chi connectivity index (χ1) is 23.0. The van der Waals surface area contributed by atoms with Gasteiger partial charge in [0.15, 0.2) is 0 Å². The van der Waals surface area contributed by atoms with E-state index in [0.29, 0.717) is 33.0 Å². The fourth-order valence-corrected chi connectivity index (χ4v) is 10.8. The third-order valence-corrected chi connectivity index (χ3v) is 13.0. The van der Waals surface area contributed by atoms with Crippen molar-refractivity contribution in [2.75, 3.05) is 41.2 Å². The third kappa shape index (κ3) is 14.5. The van der Waals surface area contributed by atoms with Crippen LogP contribution in [0, 0.1) is 0 Å². The van der Waals surface area contributed by atoms with Crippen molar-refractivity contribution >= 4 is 24.7 Å². The van der Waals surface area contributed by atoms with E-state index in [9.17, 15) is 0 Å². The maximum atomic E-state index is 6.66. The normalized spacial score (nSPS) is 13.3. The molecule has 0 spiro atoms. The van der Waals surface area contributed by atoms with E-state index in [1.807, 2.05) is 93.6 Å². The molecule has 0 saturated heterocycles. The number of nitrogens with zero attached hydrogens (tertiary/aromatic N) is 1. The van der Waals surface area contributed by atoms with Crippen LogP contribution in [0.5, 0.6) is 17.2 Å². The predicted octanol–water partition coefficient (Wildman–Crippen LogP) is 9.40. The van der Waals surface area contributed by atoms with Crippen LogP contribution >= 0.6 is 24.7 Å². The minimum atomic E-state index is -3.68. The second kappa shape index (κ2) is 22.5. The zero-order valence-corrected chi connectivity index (χ0v) is 31.3. The molecule has 3 aromatic carbocycles. The Kier molecular flexibility index (Phi) is 18.8. The van der Waals surface area contributed by atoms with Crippen LogP contribution in [0.3, 0.4) is 0 Å². The quantitative estimate of drug-likeness (QED) is 0.0903. The molecule has 0 bridgehead atoms. The van der Waals surface area contributed by atoms with Gasteiger partial charge in [0.05, 0.1) is 0 Å². The average Bonchev–Trinajstić information content (AvgIpc) is 3.12. The van der Waals surface area contributed by atoms with Gasteiger partial charge in [0.1, 0.15) is 0 Å². The molecule has 3 rings (SSSR count). The van der Waals surface area contributed by atoms with Crippen molar-refractivity contribution in [3.63, 3.8) is 0 Å². The topological polar surface area (TPSA) is 107 Å². The molecule has 0 aliphatic carbocycles. The van der Waals surface area contributed by atoms with Crippen molar-refractivity contribution in [1.82, 2.24) is 4.86 Å². The molecule has 0 aliphatic rings. The fraction of sp³-hybridized carbons (Fsp3) is 0.455. The summed E-state index contributed by atoms with van der Waals surface area (Å²) in [5, 5.41) is 0. The fourth-order valence-electron chi connectivity index (χ4n) is 3.87. The Bertz CT molecular complexity index is 1300. The second-order valence-electron chi connectivity index (χ2n) is 10.3. The van der Waals surface area contributed by atoms with Gasteiger partial charge in [0.2, 0.25) is 0 Å². The molecule has 0 amide bonds. The van der Waals surface area contributed by atoms with Gasteiger partial charge in [-0.3, -0.25) is 0 Å². The van der Waals surface area contributed by atoms with Crippen molar-refractivity contribution in [1.29, 1.82) is 0 Å². The molecule has 1 N–H and O–H groups in total. The van der Waals surface area contributed by atoms with E-state index in [2.05, 4.69) is 4.86 Å². The van der Waals surface area contributed by atoms with Crippen LogP contribution in [0.25, 0.3) is 0 Å². The van der Waals surface area contributed by atoms with Gasteiger partial charge in [-0.2, -0.15) is 0 Å². The zero-order chi connectivity index (χ0) is 33.7. The second-order valence-corrected chi connectivity index (χ2v) is 15.9. The Morgan fingerprint density at radius 1 is 0.574 bits per heavy atom. The summed E-state index contributed by atoms with van der Waals surface area (Å²) in [4.78, 5) is 3.49. The van der Waals surface area contributed by atoms with Crippen molar-refractivity contribution in [3.05, 3.63) is 89.5 Å². The monoisotopic (exact) mass is 712 g/mol. The number of ether oxygens (including phenoxy) is 3. The summed E-state index contributed by atoms with van der Waals surface area (Å²) in [6.45, 7) is 8.34. The van der Waals surface area contributed by atoms with E-state index in [1.54, 1.807) is 21.3 Å². The summed E-state index contributed by atoms with van der Waals surface area (Å²) in [6.07, 6.45) is 2.36. The van der Waals surface area contributed by atoms with Crippen molar-refractivity contribution in [3.8, 4) is 17.2 Å². The molecular formula is C33H51N2O9P3. The van der Waals surface area contributed by atoms with E-state index in [-0.39, 0.29) is 6.61 Å². The zero-order valence-electron chi connectivity index (χ0n) is 28.4. The molecule has 262 valence electrons. The van der Waals surface area contributed by atoms with E-state index in [1.165, 1.54) is 0 Å². The first-order valence-corrected chi connectivity index (χ1v) is 20.0. The Morgan fingerprint density at radius 3 is 1.55 bits per heavy atom. The summed E-state index contributed by atoms with van der Waals surface area (Å²) in [5.74, 6) is 2.31. The molecule has 2 atom stereocenters. The van der Waals surface area contributed by atoms with Crippen molar-refractivity contribution in [2.45, 2.75) is 59.9 Å². The summed E-state index contributed by atoms with van der Waals surface area (Å²) < 4.78 is 59.4. The summed E-state index contributed by atoms with van der Waals surface area (Å²) in [7, 11) is -2.69. The van der Waals surface area contributed by atoms with E-state index in [4.69, 9.17) is 45.9 Å². The van der Waals surface area contributed by atoms with Gasteiger partial charge in [-0.25, -0.2) is 0 Å². The summed E-state index contributed by atoms with van der Waals surface area (Å²) in [6, 6.07) is 23.1. The third-order valence-electron chi connectivity index (χ3n) is 6.44. The molecule has 14 heteroatoms. The van der Waals surface area contributed by atoms with Crippen molar-refractivity contribution < 1.29 is 41.4 Å². The summed E-state index contributed by atoms with van der Waals surface area (Å²) >= 11 is 0. The van der Waals surface area contributed by atoms with Gasteiger partial charge in [0, 0.05) is 0 Å². The molecule has 0 radical (unpaired) electrons. The van der Waals surface area contributed by atoms with Gasteiger partial charge in [0.25, 0.3) is 0 Å². The molecular weight excluding hydrogens is 661 g/mol. The van der Waals surface area contributed by atoms with Gasteiger partial charge in [-0.15, -0.1) is 0 Å². The molecule has 0 aromatic heterocycles. The van der Waals surface area contributed by atoms with Crippen LogP contribution < -0.4 is 19.1 Å². The SMILES string of the molecule is CCCOP(N[PH](N=[PH](OCCC)OCc1ccc(OC)cc1)(OCCC)OCc1ccc(OC)cc1)OCc1ccc(OC)cc1. The first kappa shape index (κ1) is 39.3. The van der Waals surface area contributed by atoms with Gasteiger partial charge in [-0.1, -0.05) is 0 Å². The molecule has 0 saturated carbocycles. The number of benzene rings is 3. The predicted molar refractivity (Wildman–Crippen MR) is 191 cm³/mol. The van der Waals surface area contributed by atoms with E-state index < -0.39 is 24.7 Å². The number of nitrogens with one attached hydrogen (secondary N) is 1. The number of hydrogen-bond donors (Lipinski definition) is 1. The first-order valence-electron chi connectivity index (χ1n) is 15.8. The molecule has 2 unspecified atom stereocenters. The standard InChI is InChI=1S/C33H51N2O9P3/c1-7-22-39-45(41-25-28-10-16-31(36-4)17-11-28)34-47(43-24-9-3,44-27-30-14-20-33(38-6)21-15-30)35-46(40-23-8-2)42-26-29-12-18-32(37-5)19-13-29/h10-21,34,46-47H,7-9,22-27H2,1-6H3. The average molecular weight is 713 g/mol. The van der Waals surface area contributed by atoms with Gasteiger partial charge >= 0.3 is 283 Å². The van der Waals surface area contributed by atoms with Crippen LogP contribution in [-0.2, 0) is 47.0 Å². The van der Waals surface area contributed by atoms with Gasteiger partial charge in [-0.05, 0) is 0 Å². The van der Waals surface area contributed by atoms with E-state index in [0.717, 1.165) is 53.2 Å². The van der Waals surface area contributed by atoms with Crippen LogP contribution in [0.2, 0.25) is 0 Å². The number of methoxy groups -OCH3 is 3. The Hall–Kier alpha value is -2.13. The van der Waals surface area contributed by atoms with Gasteiger partial charge < -0.3 is 0 Å². The molecule has 0 aliphatic heterocycles. The molecule has 0 heterocycles. The number of hydrogen-bond acceptors (Lipinski definition) is 11. The van der Waals surface area contributed by atoms with Crippen LogP contribution in [0.1, 0.15) is 56.7 Å². The van der Waals surface area contributed by atoms with Crippen molar-refractivity contribution in [2.24, 2.45) is 4.52 Å². The minimum absolute atomic E-state index is 0.229. The molecule has 11 nitrogen and oxygen atoms in total. The maximum absolute atomic E-state index is 6.66. The Morgan fingerprint density at radius 2 is 1.06 bits per heavy atom. The van der Waals surface area contributed by atoms with E-state index >= 15 is 0 Å². The number of rotatable bonds is 24. The summed E-state index contributed by atoms with van der Waals surface area (Å²) in [5.41, 5.74) is 2.87. The molecule has 47 heavy (non-hydrogen) atoms. The van der Waals surface area contributed by atoms with Crippen LogP contribution in [-0.4, -0.2) is 41.2 Å². The van der Waals surface area contributed by atoms with Crippen LogP contribution in [0.4, 0.5) is 0 Å². The molecule has 0 fully saturated rings. The Balaban J connectivity index is 1.95. The molecule has 3 aromatic rings. The van der Waals surface area contributed by atoms with Crippen LogP contribution in [0.15, 0.2) is 77.3 Å².